The van der Waals surface area contributed by atoms with Crippen molar-refractivity contribution in [2.45, 2.75) is 57.7 Å². The Morgan fingerprint density at radius 2 is 1.66 bits per heavy atom. The molecule has 0 bridgehead atoms. The van der Waals surface area contributed by atoms with Crippen molar-refractivity contribution in [3.8, 4) is 22.4 Å². The maximum absolute atomic E-state index is 13.5. The lowest BCUT2D eigenvalue weighted by atomic mass is 9.69. The van der Waals surface area contributed by atoms with E-state index in [1.807, 2.05) is 81.4 Å². The van der Waals surface area contributed by atoms with Gasteiger partial charge in [0.2, 0.25) is 0 Å². The molecule has 1 aromatic heterocycles. The van der Waals surface area contributed by atoms with Gasteiger partial charge in [-0.1, -0.05) is 54.6 Å². The lowest BCUT2D eigenvalue weighted by Gasteiger charge is -2.54. The highest BCUT2D eigenvalue weighted by Crippen LogP contribution is 2.50. The van der Waals surface area contributed by atoms with Crippen LogP contribution in [0.3, 0.4) is 0 Å². The average Bonchev–Trinajstić information content (AvgIpc) is 2.92. The second-order valence-electron chi connectivity index (χ2n) is 11.7. The molecule has 3 amide bonds. The first-order valence-corrected chi connectivity index (χ1v) is 14.0. The molecule has 3 aromatic rings. The van der Waals surface area contributed by atoms with E-state index in [4.69, 9.17) is 4.98 Å². The number of carbonyl (C=O) groups excluding carboxylic acids is 1. The van der Waals surface area contributed by atoms with Crippen molar-refractivity contribution < 1.29 is 23.5 Å². The van der Waals surface area contributed by atoms with E-state index in [0.717, 1.165) is 41.5 Å². The Bertz CT molecular complexity index is 1420. The first-order valence-electron chi connectivity index (χ1n) is 14.0. The van der Waals surface area contributed by atoms with E-state index < -0.39 is 36.6 Å². The zero-order chi connectivity index (χ0) is 29.4. The zero-order valence-electron chi connectivity index (χ0n) is 23.7. The number of nitrogens with zero attached hydrogens (tertiary/aromatic N) is 4. The quantitative estimate of drug-likeness (QED) is 0.314. The minimum Gasteiger partial charge on any atom is -0.465 e. The number of carbonyl (C=O) groups is 2. The summed E-state index contributed by atoms with van der Waals surface area (Å²) >= 11 is 0. The van der Waals surface area contributed by atoms with Crippen LogP contribution in [0, 0.1) is 0 Å². The second-order valence-corrected chi connectivity index (χ2v) is 11.7. The van der Waals surface area contributed by atoms with Crippen LogP contribution in [-0.2, 0) is 12.1 Å². The molecule has 5 rings (SSSR count). The van der Waals surface area contributed by atoms with Gasteiger partial charge in [0.05, 0.1) is 42.2 Å². The van der Waals surface area contributed by atoms with Gasteiger partial charge >= 0.3 is 12.1 Å². The average molecular weight is 563 g/mol. The van der Waals surface area contributed by atoms with Gasteiger partial charge in [-0.3, -0.25) is 9.80 Å². The predicted molar refractivity (Wildman–Crippen MR) is 155 cm³/mol. The fourth-order valence-electron chi connectivity index (χ4n) is 6.25. The van der Waals surface area contributed by atoms with Crippen LogP contribution in [0.25, 0.3) is 22.4 Å². The monoisotopic (exact) mass is 562 g/mol. The number of benzene rings is 2. The molecular formula is C32H36F2N4O3. The summed E-state index contributed by atoms with van der Waals surface area (Å²) < 4.78 is 26.8. The van der Waals surface area contributed by atoms with Crippen molar-refractivity contribution in [1.29, 1.82) is 0 Å². The largest absolute Gasteiger partial charge is 0.465 e. The highest BCUT2D eigenvalue weighted by atomic mass is 19.1. The second kappa shape index (κ2) is 11.1. The molecule has 1 N–H and O–H groups in total. The number of halogens is 2. The summed E-state index contributed by atoms with van der Waals surface area (Å²) in [5, 5.41) is 10.2. The van der Waals surface area contributed by atoms with Gasteiger partial charge in [0.1, 0.15) is 13.3 Å². The number of hydrogen-bond acceptors (Lipinski definition) is 3. The van der Waals surface area contributed by atoms with Crippen molar-refractivity contribution in [3.63, 3.8) is 0 Å². The first kappa shape index (κ1) is 28.5. The summed E-state index contributed by atoms with van der Waals surface area (Å²) in [6, 6.07) is 19.0. The SMILES string of the molecule is CC(C)(C)N(C(=O)O)C1(c2ccc(-c3nc4c(cc3-c3ccccc3)N(CCF)C(=O)N(CCF)C4)cc2)CCC1. The van der Waals surface area contributed by atoms with E-state index in [2.05, 4.69) is 0 Å². The van der Waals surface area contributed by atoms with Crippen LogP contribution in [0.5, 0.6) is 0 Å². The Morgan fingerprint density at radius 1 is 1.00 bits per heavy atom. The third-order valence-corrected chi connectivity index (χ3v) is 8.13. The number of fused-ring (bicyclic) bond motifs is 1. The Labute approximate surface area is 239 Å². The number of pyridine rings is 1. The molecule has 1 aliphatic heterocycles. The van der Waals surface area contributed by atoms with Crippen molar-refractivity contribution in [2.24, 2.45) is 0 Å². The number of amides is 3. The predicted octanol–water partition coefficient (Wildman–Crippen LogP) is 7.25. The van der Waals surface area contributed by atoms with Crippen LogP contribution in [0.2, 0.25) is 0 Å². The Hall–Kier alpha value is -4.01. The Kier molecular flexibility index (Phi) is 7.72. The fraction of sp³-hybridized carbons (Fsp3) is 0.406. The highest BCUT2D eigenvalue weighted by molar-refractivity contribution is 5.97. The van der Waals surface area contributed by atoms with Crippen LogP contribution in [0.15, 0.2) is 60.7 Å². The molecular weight excluding hydrogens is 526 g/mol. The summed E-state index contributed by atoms with van der Waals surface area (Å²) in [7, 11) is 0. The van der Waals surface area contributed by atoms with E-state index in [-0.39, 0.29) is 19.6 Å². The van der Waals surface area contributed by atoms with Crippen LogP contribution in [0.4, 0.5) is 24.1 Å². The normalized spacial score (nSPS) is 16.3. The number of carboxylic acid groups (broad SMARTS) is 1. The molecule has 1 fully saturated rings. The minimum absolute atomic E-state index is 0.0941. The minimum atomic E-state index is -0.936. The van der Waals surface area contributed by atoms with Gasteiger partial charge in [-0.05, 0) is 57.2 Å². The van der Waals surface area contributed by atoms with Gasteiger partial charge in [-0.25, -0.2) is 23.4 Å². The zero-order valence-corrected chi connectivity index (χ0v) is 23.7. The topological polar surface area (TPSA) is 77.0 Å². The van der Waals surface area contributed by atoms with Gasteiger partial charge in [0, 0.05) is 16.7 Å². The first-order chi connectivity index (χ1) is 19.6. The van der Waals surface area contributed by atoms with Gasteiger partial charge in [0.25, 0.3) is 0 Å². The van der Waals surface area contributed by atoms with E-state index in [1.54, 1.807) is 4.90 Å². The molecule has 0 radical (unpaired) electrons. The summed E-state index contributed by atoms with van der Waals surface area (Å²) in [4.78, 5) is 34.7. The molecule has 0 saturated heterocycles. The molecule has 0 spiro atoms. The number of aromatic nitrogens is 1. The van der Waals surface area contributed by atoms with E-state index in [9.17, 15) is 23.5 Å². The van der Waals surface area contributed by atoms with E-state index in [1.165, 1.54) is 9.80 Å². The molecule has 1 saturated carbocycles. The molecule has 2 aromatic carbocycles. The number of anilines is 1. The molecule has 2 heterocycles. The lowest BCUT2D eigenvalue weighted by Crippen LogP contribution is -2.60. The fourth-order valence-corrected chi connectivity index (χ4v) is 6.25. The van der Waals surface area contributed by atoms with Crippen LogP contribution >= 0.6 is 0 Å². The molecule has 216 valence electrons. The molecule has 0 unspecified atom stereocenters. The standard InChI is InChI=1S/C32H36F2N4O3/c1-31(2,3)38(30(40)41)32(14-7-15-32)24-12-10-23(11-13-24)28-25(22-8-5-4-6-9-22)20-27-26(35-28)21-36(18-16-33)29(39)37(27)19-17-34/h4-6,8-13,20H,7,14-19,21H2,1-3H3,(H,40,41). The summed E-state index contributed by atoms with van der Waals surface area (Å²) in [6.45, 7) is 4.21. The van der Waals surface area contributed by atoms with Crippen molar-refractivity contribution in [1.82, 2.24) is 14.8 Å². The third kappa shape index (κ3) is 5.13. The molecule has 2 aliphatic rings. The van der Waals surface area contributed by atoms with Crippen LogP contribution < -0.4 is 4.90 Å². The summed E-state index contributed by atoms with van der Waals surface area (Å²) in [5.74, 6) is 0. The van der Waals surface area contributed by atoms with E-state index >= 15 is 0 Å². The van der Waals surface area contributed by atoms with Gasteiger partial charge in [-0.15, -0.1) is 0 Å². The van der Waals surface area contributed by atoms with E-state index in [0.29, 0.717) is 17.1 Å². The van der Waals surface area contributed by atoms with Crippen molar-refractivity contribution in [2.75, 3.05) is 31.3 Å². The smallest absolute Gasteiger partial charge is 0.408 e. The van der Waals surface area contributed by atoms with Crippen molar-refractivity contribution >= 4 is 17.8 Å². The number of alkyl halides is 2. The van der Waals surface area contributed by atoms with Crippen molar-refractivity contribution in [3.05, 3.63) is 71.9 Å². The summed E-state index contributed by atoms with van der Waals surface area (Å²) in [5.41, 5.74) is 4.07. The molecule has 7 nitrogen and oxygen atoms in total. The number of hydrogen-bond donors (Lipinski definition) is 1. The molecule has 1 aliphatic carbocycles. The van der Waals surface area contributed by atoms with Gasteiger partial charge in [-0.2, -0.15) is 0 Å². The maximum atomic E-state index is 13.5. The van der Waals surface area contributed by atoms with Gasteiger partial charge in [0.15, 0.2) is 0 Å². The van der Waals surface area contributed by atoms with Crippen LogP contribution in [-0.4, -0.2) is 64.0 Å². The van der Waals surface area contributed by atoms with Crippen LogP contribution in [0.1, 0.15) is 51.3 Å². The number of urea groups is 1. The molecule has 41 heavy (non-hydrogen) atoms. The summed E-state index contributed by atoms with van der Waals surface area (Å²) in [6.07, 6.45) is 1.53. The number of rotatable bonds is 8. The highest BCUT2D eigenvalue weighted by Gasteiger charge is 2.50. The third-order valence-electron chi connectivity index (χ3n) is 8.13. The van der Waals surface area contributed by atoms with Gasteiger partial charge < -0.3 is 10.0 Å². The molecule has 0 atom stereocenters. The maximum Gasteiger partial charge on any atom is 0.408 e. The lowest BCUT2D eigenvalue weighted by molar-refractivity contribution is -0.0328. The molecule has 9 heteroatoms. The Balaban J connectivity index is 1.62. The Morgan fingerprint density at radius 3 is 2.20 bits per heavy atom.